The first-order valence-corrected chi connectivity index (χ1v) is 7.44. The minimum atomic E-state index is -0.579. The molecule has 1 atom stereocenters. The molecule has 21 heavy (non-hydrogen) atoms. The smallest absolute Gasteiger partial charge is 0.109 e. The van der Waals surface area contributed by atoms with Crippen molar-refractivity contribution in [1.29, 1.82) is 0 Å². The molecule has 108 valence electrons. The van der Waals surface area contributed by atoms with Gasteiger partial charge in [-0.05, 0) is 29.8 Å². The molecule has 1 aromatic heterocycles. The molecule has 3 rings (SSSR count). The van der Waals surface area contributed by atoms with Crippen molar-refractivity contribution in [1.82, 2.24) is 9.55 Å². The van der Waals surface area contributed by atoms with Crippen LogP contribution in [0.4, 0.5) is 0 Å². The largest absolute Gasteiger partial charge is 0.387 e. The highest BCUT2D eigenvalue weighted by atomic mass is 35.5. The monoisotopic (exact) mass is 300 g/mol. The van der Waals surface area contributed by atoms with Crippen LogP contribution in [0, 0.1) is 0 Å². The van der Waals surface area contributed by atoms with Crippen LogP contribution in [0.2, 0.25) is 5.02 Å². The van der Waals surface area contributed by atoms with Gasteiger partial charge in [0.2, 0.25) is 0 Å². The maximum absolute atomic E-state index is 10.5. The second-order valence-corrected chi connectivity index (χ2v) is 5.48. The lowest BCUT2D eigenvalue weighted by molar-refractivity contribution is 0.157. The molecule has 4 heteroatoms. The highest BCUT2D eigenvalue weighted by Gasteiger charge is 2.14. The van der Waals surface area contributed by atoms with Crippen molar-refractivity contribution in [3.63, 3.8) is 0 Å². The summed E-state index contributed by atoms with van der Waals surface area (Å²) in [6, 6.07) is 15.3. The fraction of sp³-hybridized carbons (Fsp3) is 0.235. The molecule has 0 bridgehead atoms. The van der Waals surface area contributed by atoms with Gasteiger partial charge in [0.25, 0.3) is 0 Å². The molecule has 3 nitrogen and oxygen atoms in total. The van der Waals surface area contributed by atoms with E-state index in [0.717, 1.165) is 28.8 Å². The number of aromatic nitrogens is 2. The average Bonchev–Trinajstić information content (AvgIpc) is 2.86. The SMILES string of the molecule is CCc1nc2ccccc2n1CC(O)c1ccc(Cl)cc1. The zero-order valence-corrected chi connectivity index (χ0v) is 12.6. The van der Waals surface area contributed by atoms with E-state index in [4.69, 9.17) is 11.6 Å². The van der Waals surface area contributed by atoms with Gasteiger partial charge in [-0.25, -0.2) is 4.98 Å². The maximum Gasteiger partial charge on any atom is 0.109 e. The second-order valence-electron chi connectivity index (χ2n) is 5.05. The van der Waals surface area contributed by atoms with Crippen LogP contribution in [-0.2, 0) is 13.0 Å². The van der Waals surface area contributed by atoms with Crippen molar-refractivity contribution < 1.29 is 5.11 Å². The highest BCUT2D eigenvalue weighted by Crippen LogP contribution is 2.22. The predicted octanol–water partition coefficient (Wildman–Crippen LogP) is 3.99. The quantitative estimate of drug-likeness (QED) is 0.791. The van der Waals surface area contributed by atoms with E-state index in [2.05, 4.69) is 16.5 Å². The van der Waals surface area contributed by atoms with Crippen molar-refractivity contribution in [2.75, 3.05) is 0 Å². The van der Waals surface area contributed by atoms with Crippen LogP contribution in [0.25, 0.3) is 11.0 Å². The Morgan fingerprint density at radius 1 is 1.14 bits per heavy atom. The van der Waals surface area contributed by atoms with Crippen LogP contribution < -0.4 is 0 Å². The van der Waals surface area contributed by atoms with Crippen molar-refractivity contribution in [2.24, 2.45) is 0 Å². The predicted molar refractivity (Wildman–Crippen MR) is 85.5 cm³/mol. The topological polar surface area (TPSA) is 38.0 Å². The van der Waals surface area contributed by atoms with Crippen molar-refractivity contribution in [3.8, 4) is 0 Å². The number of rotatable bonds is 4. The summed E-state index contributed by atoms with van der Waals surface area (Å²) in [7, 11) is 0. The number of nitrogens with zero attached hydrogens (tertiary/aromatic N) is 2. The van der Waals surface area contributed by atoms with Gasteiger partial charge in [0, 0.05) is 11.4 Å². The fourth-order valence-corrected chi connectivity index (χ4v) is 2.69. The number of hydrogen-bond donors (Lipinski definition) is 1. The minimum absolute atomic E-state index is 0.491. The number of aryl methyl sites for hydroxylation is 1. The maximum atomic E-state index is 10.5. The standard InChI is InChI=1S/C17H17ClN2O/c1-2-17-19-14-5-3-4-6-15(14)20(17)11-16(21)12-7-9-13(18)10-8-12/h3-10,16,21H,2,11H2,1H3. The number of fused-ring (bicyclic) bond motifs is 1. The van der Waals surface area contributed by atoms with E-state index in [1.54, 1.807) is 12.1 Å². The summed E-state index contributed by atoms with van der Waals surface area (Å²) in [6.07, 6.45) is 0.257. The molecule has 0 aliphatic carbocycles. The Morgan fingerprint density at radius 3 is 2.57 bits per heavy atom. The number of benzene rings is 2. The van der Waals surface area contributed by atoms with E-state index in [9.17, 15) is 5.11 Å². The zero-order chi connectivity index (χ0) is 14.8. The van der Waals surface area contributed by atoms with Crippen LogP contribution in [0.3, 0.4) is 0 Å². The summed E-state index contributed by atoms with van der Waals surface area (Å²) in [5.41, 5.74) is 2.89. The summed E-state index contributed by atoms with van der Waals surface area (Å²) in [5, 5.41) is 11.1. The molecular weight excluding hydrogens is 284 g/mol. The third kappa shape index (κ3) is 2.80. The van der Waals surface area contributed by atoms with Gasteiger partial charge in [0.1, 0.15) is 5.82 Å². The lowest BCUT2D eigenvalue weighted by atomic mass is 10.1. The average molecular weight is 301 g/mol. The lowest BCUT2D eigenvalue weighted by Gasteiger charge is -2.14. The van der Waals surface area contributed by atoms with Crippen molar-refractivity contribution in [3.05, 3.63) is 64.9 Å². The summed E-state index contributed by atoms with van der Waals surface area (Å²) in [5.74, 6) is 0.990. The molecule has 3 aromatic rings. The zero-order valence-electron chi connectivity index (χ0n) is 11.8. The number of para-hydroxylation sites is 2. The van der Waals surface area contributed by atoms with E-state index in [-0.39, 0.29) is 0 Å². The van der Waals surface area contributed by atoms with Gasteiger partial charge in [-0.1, -0.05) is 42.8 Å². The van der Waals surface area contributed by atoms with E-state index in [1.165, 1.54) is 0 Å². The van der Waals surface area contributed by atoms with Gasteiger partial charge >= 0.3 is 0 Å². The van der Waals surface area contributed by atoms with Gasteiger partial charge in [-0.3, -0.25) is 0 Å². The number of halogens is 1. The molecule has 0 aliphatic heterocycles. The molecule has 0 amide bonds. The first-order valence-electron chi connectivity index (χ1n) is 7.06. The summed E-state index contributed by atoms with van der Waals surface area (Å²) in [6.45, 7) is 2.57. The van der Waals surface area contributed by atoms with E-state index in [0.29, 0.717) is 11.6 Å². The molecule has 0 saturated heterocycles. The minimum Gasteiger partial charge on any atom is -0.387 e. The van der Waals surface area contributed by atoms with Crippen molar-refractivity contribution in [2.45, 2.75) is 26.0 Å². The Morgan fingerprint density at radius 2 is 1.86 bits per heavy atom. The summed E-state index contributed by atoms with van der Waals surface area (Å²) < 4.78 is 2.09. The molecule has 2 aromatic carbocycles. The summed E-state index contributed by atoms with van der Waals surface area (Å²) >= 11 is 5.89. The van der Waals surface area contributed by atoms with Crippen LogP contribution in [-0.4, -0.2) is 14.7 Å². The molecule has 1 heterocycles. The Hall–Kier alpha value is -1.84. The molecule has 0 aliphatic rings. The first-order chi connectivity index (χ1) is 10.2. The van der Waals surface area contributed by atoms with E-state index in [1.807, 2.05) is 36.4 Å². The first kappa shape index (κ1) is 14.1. The number of aliphatic hydroxyl groups excluding tert-OH is 1. The van der Waals surface area contributed by atoms with Gasteiger partial charge in [-0.15, -0.1) is 0 Å². The number of aliphatic hydroxyl groups is 1. The molecule has 1 N–H and O–H groups in total. The van der Waals surface area contributed by atoms with Gasteiger partial charge in [0.15, 0.2) is 0 Å². The molecule has 0 spiro atoms. The Bertz CT molecular complexity index is 749. The normalized spacial score (nSPS) is 12.7. The fourth-order valence-electron chi connectivity index (χ4n) is 2.56. The van der Waals surface area contributed by atoms with Crippen LogP contribution in [0.5, 0.6) is 0 Å². The molecule has 0 fully saturated rings. The number of imidazole rings is 1. The Balaban J connectivity index is 1.95. The third-order valence-electron chi connectivity index (χ3n) is 3.66. The van der Waals surface area contributed by atoms with Crippen LogP contribution in [0.1, 0.15) is 24.4 Å². The van der Waals surface area contributed by atoms with E-state index < -0.39 is 6.10 Å². The van der Waals surface area contributed by atoms with Crippen LogP contribution >= 0.6 is 11.6 Å². The number of hydrogen-bond acceptors (Lipinski definition) is 2. The summed E-state index contributed by atoms with van der Waals surface area (Å²) in [4.78, 5) is 4.62. The second kappa shape index (κ2) is 5.88. The Labute approximate surface area is 128 Å². The Kier molecular flexibility index (Phi) is 3.95. The molecule has 0 saturated carbocycles. The van der Waals surface area contributed by atoms with Gasteiger partial charge in [0.05, 0.1) is 23.7 Å². The van der Waals surface area contributed by atoms with Gasteiger partial charge in [-0.2, -0.15) is 0 Å². The van der Waals surface area contributed by atoms with Gasteiger partial charge < -0.3 is 9.67 Å². The highest BCUT2D eigenvalue weighted by molar-refractivity contribution is 6.30. The van der Waals surface area contributed by atoms with Crippen LogP contribution in [0.15, 0.2) is 48.5 Å². The van der Waals surface area contributed by atoms with Crippen molar-refractivity contribution >= 4 is 22.6 Å². The molecular formula is C17H17ClN2O. The molecule has 1 unspecified atom stereocenters. The van der Waals surface area contributed by atoms with E-state index >= 15 is 0 Å². The third-order valence-corrected chi connectivity index (χ3v) is 3.91. The lowest BCUT2D eigenvalue weighted by Crippen LogP contribution is -2.11. The molecule has 0 radical (unpaired) electrons.